The molecule has 0 unspecified atom stereocenters. The molecule has 8 heteroatoms. The third-order valence-corrected chi connectivity index (χ3v) is 8.22. The Morgan fingerprint density at radius 3 is 2.39 bits per heavy atom. The second-order valence-corrected chi connectivity index (χ2v) is 10.7. The van der Waals surface area contributed by atoms with Crippen LogP contribution in [0.3, 0.4) is 0 Å². The van der Waals surface area contributed by atoms with E-state index in [0.717, 1.165) is 36.3 Å². The molecular weight excluding hydrogens is 478 g/mol. The molecule has 8 nitrogen and oxygen atoms in total. The Labute approximate surface area is 226 Å². The van der Waals surface area contributed by atoms with Crippen molar-refractivity contribution in [2.45, 2.75) is 70.4 Å². The number of likely N-dealkylation sites (tertiary alicyclic amines) is 1. The number of nitrogens with zero attached hydrogens (tertiary/aromatic N) is 3. The van der Waals surface area contributed by atoms with Crippen molar-refractivity contribution in [1.82, 2.24) is 10.2 Å². The molecule has 0 aromatic heterocycles. The maximum atomic E-state index is 14.0. The van der Waals surface area contributed by atoms with Crippen LogP contribution in [0.5, 0.6) is 0 Å². The van der Waals surface area contributed by atoms with Crippen LogP contribution < -0.4 is 16.0 Å². The van der Waals surface area contributed by atoms with E-state index < -0.39 is 18.0 Å². The summed E-state index contributed by atoms with van der Waals surface area (Å²) < 4.78 is 0. The van der Waals surface area contributed by atoms with Gasteiger partial charge in [0.05, 0.1) is 5.92 Å². The number of hydrogen-bond acceptors (Lipinski definition) is 4. The monoisotopic (exact) mass is 519 g/mol. The Morgan fingerprint density at radius 2 is 1.82 bits per heavy atom. The third-order valence-electron chi connectivity index (χ3n) is 8.22. The molecule has 38 heavy (non-hydrogen) atoms. The van der Waals surface area contributed by atoms with Gasteiger partial charge in [0.15, 0.2) is 0 Å². The number of amidine groups is 1. The first-order chi connectivity index (χ1) is 18.4. The number of amides is 4. The molecule has 1 aliphatic heterocycles. The van der Waals surface area contributed by atoms with Crippen LogP contribution in [-0.4, -0.2) is 54.3 Å². The van der Waals surface area contributed by atoms with Crippen LogP contribution in [0.2, 0.25) is 0 Å². The number of imide groups is 1. The average molecular weight is 520 g/mol. The summed E-state index contributed by atoms with van der Waals surface area (Å²) in [6.45, 7) is 6.16. The largest absolute Gasteiger partial charge is 0.384 e. The van der Waals surface area contributed by atoms with Gasteiger partial charge >= 0.3 is 6.03 Å². The average Bonchev–Trinajstić information content (AvgIpc) is 3.79. The summed E-state index contributed by atoms with van der Waals surface area (Å²) >= 11 is 0. The zero-order chi connectivity index (χ0) is 27.2. The van der Waals surface area contributed by atoms with Crippen molar-refractivity contribution in [3.63, 3.8) is 0 Å². The predicted molar refractivity (Wildman–Crippen MR) is 151 cm³/mol. The molecular formula is C30H41N5O3. The van der Waals surface area contributed by atoms with Crippen molar-refractivity contribution in [3.05, 3.63) is 54.6 Å². The lowest BCUT2D eigenvalue weighted by Crippen LogP contribution is -2.71. The molecule has 3 N–H and O–H groups in total. The van der Waals surface area contributed by atoms with E-state index in [1.807, 2.05) is 37.3 Å². The number of likely N-dealkylation sites (N-methyl/N-ethyl adjacent to an activating group) is 1. The standard InChI is InChI=1S/C30H41N5O3/c1-4-20(19-25(31)32-3)18-24-27(29(37)34(5-2)23-14-10-7-11-15-23)35(28(24)36)30(38)33-26(22-16-17-22)21-12-8-6-9-13-21/h4,7,10-11,14-15,19,21-22,24,26-27H,1,5-6,8-9,12-13,16-18H2,2-3H3,(H2,31,32)(H,33,38)/b20-19+/t24-,26+,27+/m1/s1. The van der Waals surface area contributed by atoms with Crippen molar-refractivity contribution >= 4 is 29.4 Å². The number of benzene rings is 1. The Kier molecular flexibility index (Phi) is 9.02. The normalized spacial score (nSPS) is 23.4. The highest BCUT2D eigenvalue weighted by Crippen LogP contribution is 2.41. The summed E-state index contributed by atoms with van der Waals surface area (Å²) in [5.41, 5.74) is 7.32. The molecule has 4 amide bonds. The molecule has 0 bridgehead atoms. The third kappa shape index (κ3) is 6.00. The molecule has 4 rings (SSSR count). The Morgan fingerprint density at radius 1 is 1.16 bits per heavy atom. The van der Waals surface area contributed by atoms with E-state index in [1.54, 1.807) is 24.1 Å². The number of urea groups is 1. The van der Waals surface area contributed by atoms with Gasteiger partial charge in [-0.1, -0.05) is 50.1 Å². The molecule has 204 valence electrons. The first kappa shape index (κ1) is 27.6. The van der Waals surface area contributed by atoms with E-state index in [1.165, 1.54) is 19.3 Å². The fraction of sp³-hybridized carbons (Fsp3) is 0.533. The van der Waals surface area contributed by atoms with Crippen LogP contribution in [0, 0.1) is 17.8 Å². The minimum Gasteiger partial charge on any atom is -0.384 e. The van der Waals surface area contributed by atoms with Crippen LogP contribution in [0.4, 0.5) is 10.5 Å². The van der Waals surface area contributed by atoms with Crippen LogP contribution in [0.1, 0.15) is 58.3 Å². The van der Waals surface area contributed by atoms with Gasteiger partial charge in [0.2, 0.25) is 5.91 Å². The summed E-state index contributed by atoms with van der Waals surface area (Å²) in [4.78, 5) is 47.9. The molecule has 2 aliphatic carbocycles. The lowest BCUT2D eigenvalue weighted by atomic mass is 9.80. The van der Waals surface area contributed by atoms with Crippen LogP contribution in [0.25, 0.3) is 0 Å². The number of hydrogen-bond donors (Lipinski definition) is 2. The maximum absolute atomic E-state index is 14.0. The van der Waals surface area contributed by atoms with Gasteiger partial charge in [0.1, 0.15) is 11.9 Å². The van der Waals surface area contributed by atoms with Gasteiger partial charge in [-0.05, 0) is 74.6 Å². The number of para-hydroxylation sites is 1. The molecule has 1 heterocycles. The number of β-lactam (4-membered cyclic amide) rings is 1. The first-order valence-electron chi connectivity index (χ1n) is 13.9. The molecule has 3 atom stereocenters. The van der Waals surface area contributed by atoms with Gasteiger partial charge in [-0.2, -0.15) is 0 Å². The highest BCUT2D eigenvalue weighted by atomic mass is 16.2. The van der Waals surface area contributed by atoms with Crippen molar-refractivity contribution < 1.29 is 14.4 Å². The summed E-state index contributed by atoms with van der Waals surface area (Å²) in [7, 11) is 1.58. The number of aliphatic imine (C=N–C) groups is 1. The first-order valence-corrected chi connectivity index (χ1v) is 13.9. The fourth-order valence-electron chi connectivity index (χ4n) is 5.98. The lowest BCUT2D eigenvalue weighted by Gasteiger charge is -2.47. The zero-order valence-corrected chi connectivity index (χ0v) is 22.6. The number of nitrogens with two attached hydrogens (primary N) is 1. The van der Waals surface area contributed by atoms with Gasteiger partial charge in [0, 0.05) is 25.3 Å². The molecule has 1 aromatic rings. The summed E-state index contributed by atoms with van der Waals surface area (Å²) in [5, 5.41) is 3.21. The minimum atomic E-state index is -0.906. The molecule has 1 saturated heterocycles. The van der Waals surface area contributed by atoms with E-state index in [9.17, 15) is 14.4 Å². The number of allylic oxidation sites excluding steroid dienone is 2. The predicted octanol–water partition coefficient (Wildman–Crippen LogP) is 4.42. The van der Waals surface area contributed by atoms with Gasteiger partial charge in [-0.15, -0.1) is 0 Å². The van der Waals surface area contributed by atoms with Gasteiger partial charge in [-0.25, -0.2) is 4.79 Å². The number of anilines is 1. The van der Waals surface area contributed by atoms with Crippen LogP contribution in [0.15, 0.2) is 59.6 Å². The number of nitrogens with one attached hydrogen (secondary N) is 1. The summed E-state index contributed by atoms with van der Waals surface area (Å²) in [6.07, 6.45) is 11.5. The SMILES string of the molecule is C=C/C(=C\C(N)=NC)C[C@H]1C(=O)N(C(=O)N[C@@H](C2CCCCC2)C2CC2)[C@@H]1C(=O)N(CC)c1ccccc1. The van der Waals surface area contributed by atoms with E-state index >= 15 is 0 Å². The number of carbonyl (C=O) groups is 3. The Hall–Kier alpha value is -3.42. The van der Waals surface area contributed by atoms with E-state index in [-0.39, 0.29) is 24.3 Å². The smallest absolute Gasteiger partial charge is 0.325 e. The summed E-state index contributed by atoms with van der Waals surface area (Å²) in [6, 6.07) is 8.06. The lowest BCUT2D eigenvalue weighted by molar-refractivity contribution is -0.156. The molecule has 3 aliphatic rings. The van der Waals surface area contributed by atoms with Gasteiger partial charge < -0.3 is 16.0 Å². The van der Waals surface area contributed by atoms with E-state index in [4.69, 9.17) is 5.73 Å². The van der Waals surface area contributed by atoms with E-state index in [0.29, 0.717) is 29.8 Å². The quantitative estimate of drug-likeness (QED) is 0.206. The minimum absolute atomic E-state index is 0.0611. The number of rotatable bonds is 10. The molecule has 1 aromatic carbocycles. The molecule has 0 spiro atoms. The van der Waals surface area contributed by atoms with Gasteiger partial charge in [0.25, 0.3) is 5.91 Å². The highest BCUT2D eigenvalue weighted by Gasteiger charge is 2.56. The van der Waals surface area contributed by atoms with Crippen LogP contribution >= 0.6 is 0 Å². The van der Waals surface area contributed by atoms with Crippen molar-refractivity contribution in [2.24, 2.45) is 28.5 Å². The zero-order valence-electron chi connectivity index (χ0n) is 22.6. The van der Waals surface area contributed by atoms with Crippen molar-refractivity contribution in [3.8, 4) is 0 Å². The van der Waals surface area contributed by atoms with Crippen molar-refractivity contribution in [2.75, 3.05) is 18.5 Å². The second-order valence-electron chi connectivity index (χ2n) is 10.7. The Balaban J connectivity index is 1.60. The number of carbonyl (C=O) groups excluding carboxylic acids is 3. The fourth-order valence-corrected chi connectivity index (χ4v) is 5.98. The van der Waals surface area contributed by atoms with Gasteiger partial charge in [-0.3, -0.25) is 19.5 Å². The highest BCUT2D eigenvalue weighted by molar-refractivity contribution is 6.12. The summed E-state index contributed by atoms with van der Waals surface area (Å²) in [5.74, 6) is -0.0871. The van der Waals surface area contributed by atoms with E-state index in [2.05, 4.69) is 16.9 Å². The second kappa shape index (κ2) is 12.4. The molecule has 2 saturated carbocycles. The molecule has 3 fully saturated rings. The Bertz CT molecular complexity index is 1090. The van der Waals surface area contributed by atoms with Crippen molar-refractivity contribution in [1.29, 1.82) is 0 Å². The van der Waals surface area contributed by atoms with Crippen LogP contribution in [-0.2, 0) is 9.59 Å². The molecule has 0 radical (unpaired) electrons. The maximum Gasteiger partial charge on any atom is 0.325 e. The topological polar surface area (TPSA) is 108 Å².